The zero-order valence-electron chi connectivity index (χ0n) is 14.9. The molecule has 1 atom stereocenters. The van der Waals surface area contributed by atoms with Gasteiger partial charge in [-0.25, -0.2) is 4.98 Å². The SMILES string of the molecule is Cc1[nH]c([C@@H](N)Cc2ccccc2)nc1-c1ccc2[nH]c(=O)cc(O)c2c1. The van der Waals surface area contributed by atoms with Gasteiger partial charge in [-0.1, -0.05) is 36.4 Å². The average molecular weight is 360 g/mol. The number of hydrogen-bond acceptors (Lipinski definition) is 4. The molecule has 5 N–H and O–H groups in total. The van der Waals surface area contributed by atoms with Crippen molar-refractivity contribution in [3.05, 3.63) is 82.0 Å². The second-order valence-electron chi connectivity index (χ2n) is 6.67. The number of aryl methyl sites for hydroxylation is 1. The van der Waals surface area contributed by atoms with E-state index < -0.39 is 0 Å². The van der Waals surface area contributed by atoms with Crippen LogP contribution in [0.2, 0.25) is 0 Å². The Kier molecular flexibility index (Phi) is 4.25. The summed E-state index contributed by atoms with van der Waals surface area (Å²) in [6.07, 6.45) is 0.687. The molecule has 0 saturated heterocycles. The molecule has 0 aliphatic rings. The van der Waals surface area contributed by atoms with E-state index in [4.69, 9.17) is 10.7 Å². The Labute approximate surface area is 155 Å². The summed E-state index contributed by atoms with van der Waals surface area (Å²) in [6.45, 7) is 1.94. The van der Waals surface area contributed by atoms with Gasteiger partial charge in [-0.2, -0.15) is 0 Å². The van der Waals surface area contributed by atoms with Crippen LogP contribution in [0.1, 0.15) is 23.1 Å². The maximum atomic E-state index is 11.5. The van der Waals surface area contributed by atoms with Gasteiger partial charge in [-0.15, -0.1) is 0 Å². The van der Waals surface area contributed by atoms with Crippen LogP contribution in [0.25, 0.3) is 22.2 Å². The van der Waals surface area contributed by atoms with Crippen LogP contribution in [0.5, 0.6) is 5.75 Å². The Balaban J connectivity index is 1.69. The van der Waals surface area contributed by atoms with E-state index >= 15 is 0 Å². The van der Waals surface area contributed by atoms with Crippen molar-refractivity contribution in [2.75, 3.05) is 0 Å². The van der Waals surface area contributed by atoms with Crippen molar-refractivity contribution in [1.82, 2.24) is 15.0 Å². The number of H-pyrrole nitrogens is 2. The van der Waals surface area contributed by atoms with Crippen LogP contribution in [0.15, 0.2) is 59.4 Å². The van der Waals surface area contributed by atoms with Crippen LogP contribution in [0, 0.1) is 6.92 Å². The smallest absolute Gasteiger partial charge is 0.252 e. The van der Waals surface area contributed by atoms with Crippen LogP contribution < -0.4 is 11.3 Å². The molecule has 0 aliphatic carbocycles. The summed E-state index contributed by atoms with van der Waals surface area (Å²) >= 11 is 0. The molecule has 2 aromatic heterocycles. The second kappa shape index (κ2) is 6.74. The van der Waals surface area contributed by atoms with Gasteiger partial charge < -0.3 is 20.8 Å². The zero-order valence-corrected chi connectivity index (χ0v) is 14.9. The van der Waals surface area contributed by atoms with Crippen LogP contribution in [-0.4, -0.2) is 20.1 Å². The molecule has 0 unspecified atom stereocenters. The van der Waals surface area contributed by atoms with Gasteiger partial charge in [0.2, 0.25) is 0 Å². The van der Waals surface area contributed by atoms with Gasteiger partial charge in [0.05, 0.1) is 17.3 Å². The number of rotatable bonds is 4. The molecule has 4 rings (SSSR count). The number of nitrogens with one attached hydrogen (secondary N) is 2. The van der Waals surface area contributed by atoms with E-state index in [-0.39, 0.29) is 17.4 Å². The number of hydrogen-bond donors (Lipinski definition) is 4. The lowest BCUT2D eigenvalue weighted by atomic mass is 10.1. The monoisotopic (exact) mass is 360 g/mol. The molecule has 4 aromatic rings. The minimum absolute atomic E-state index is 0.0511. The van der Waals surface area contributed by atoms with E-state index in [1.165, 1.54) is 6.07 Å². The molecular weight excluding hydrogens is 340 g/mol. The van der Waals surface area contributed by atoms with Crippen LogP contribution in [-0.2, 0) is 6.42 Å². The number of benzene rings is 2. The third kappa shape index (κ3) is 3.35. The third-order valence-electron chi connectivity index (χ3n) is 4.65. The molecule has 136 valence electrons. The first-order valence-electron chi connectivity index (χ1n) is 8.73. The average Bonchev–Trinajstić information content (AvgIpc) is 3.04. The van der Waals surface area contributed by atoms with E-state index in [1.54, 1.807) is 6.07 Å². The highest BCUT2D eigenvalue weighted by atomic mass is 16.3. The highest BCUT2D eigenvalue weighted by Gasteiger charge is 2.16. The van der Waals surface area contributed by atoms with Crippen molar-refractivity contribution in [3.63, 3.8) is 0 Å². The predicted molar refractivity (Wildman–Crippen MR) is 106 cm³/mol. The van der Waals surface area contributed by atoms with Crippen molar-refractivity contribution in [2.24, 2.45) is 5.73 Å². The Morgan fingerprint density at radius 1 is 1.11 bits per heavy atom. The molecule has 0 amide bonds. The van der Waals surface area contributed by atoms with Crippen LogP contribution in [0.4, 0.5) is 0 Å². The number of pyridine rings is 1. The van der Waals surface area contributed by atoms with Crippen molar-refractivity contribution in [1.29, 1.82) is 0 Å². The highest BCUT2D eigenvalue weighted by molar-refractivity contribution is 5.88. The molecule has 6 heteroatoms. The van der Waals surface area contributed by atoms with Crippen LogP contribution >= 0.6 is 0 Å². The fraction of sp³-hybridized carbons (Fsp3) is 0.143. The van der Waals surface area contributed by atoms with Gasteiger partial charge in [-0.05, 0) is 31.0 Å². The number of imidazole rings is 1. The lowest BCUT2D eigenvalue weighted by Crippen LogP contribution is -2.15. The molecule has 0 radical (unpaired) electrons. The van der Waals surface area contributed by atoms with Gasteiger partial charge >= 0.3 is 0 Å². The Morgan fingerprint density at radius 2 is 1.89 bits per heavy atom. The van der Waals surface area contributed by atoms with Crippen LogP contribution in [0.3, 0.4) is 0 Å². The molecule has 2 aromatic carbocycles. The number of aromatic hydroxyl groups is 1. The minimum Gasteiger partial charge on any atom is -0.507 e. The van der Waals surface area contributed by atoms with E-state index in [1.807, 2.05) is 49.4 Å². The fourth-order valence-corrected chi connectivity index (χ4v) is 3.29. The Bertz CT molecular complexity index is 1160. The molecule has 2 heterocycles. The maximum absolute atomic E-state index is 11.5. The lowest BCUT2D eigenvalue weighted by molar-refractivity contribution is 0.480. The van der Waals surface area contributed by atoms with E-state index in [9.17, 15) is 9.90 Å². The van der Waals surface area contributed by atoms with Crippen molar-refractivity contribution in [3.8, 4) is 17.0 Å². The number of nitrogens with zero attached hydrogens (tertiary/aromatic N) is 1. The maximum Gasteiger partial charge on any atom is 0.252 e. The molecule has 0 aliphatic heterocycles. The number of fused-ring (bicyclic) bond motifs is 1. The van der Waals surface area contributed by atoms with E-state index in [0.29, 0.717) is 17.3 Å². The molecule has 0 spiro atoms. The molecule has 6 nitrogen and oxygen atoms in total. The molecular formula is C21H20N4O2. The van der Waals surface area contributed by atoms with E-state index in [2.05, 4.69) is 9.97 Å². The van der Waals surface area contributed by atoms with E-state index in [0.717, 1.165) is 28.3 Å². The highest BCUT2D eigenvalue weighted by Crippen LogP contribution is 2.29. The summed E-state index contributed by atoms with van der Waals surface area (Å²) < 4.78 is 0. The van der Waals surface area contributed by atoms with Crippen molar-refractivity contribution in [2.45, 2.75) is 19.4 Å². The summed E-state index contributed by atoms with van der Waals surface area (Å²) in [5.74, 6) is 0.668. The predicted octanol–water partition coefficient (Wildman–Crippen LogP) is 3.17. The normalized spacial score (nSPS) is 12.4. The van der Waals surface area contributed by atoms with Gasteiger partial charge in [0, 0.05) is 22.7 Å². The molecule has 0 saturated carbocycles. The van der Waals surface area contributed by atoms with Gasteiger partial charge in [0.1, 0.15) is 11.6 Å². The Morgan fingerprint density at radius 3 is 2.67 bits per heavy atom. The number of aromatic nitrogens is 3. The molecule has 27 heavy (non-hydrogen) atoms. The second-order valence-corrected chi connectivity index (χ2v) is 6.67. The van der Waals surface area contributed by atoms with Gasteiger partial charge in [0.25, 0.3) is 5.56 Å². The standard InChI is InChI=1S/C21H20N4O2/c1-12-20(14-7-8-17-15(10-14)18(26)11-19(27)24-17)25-21(23-12)16(22)9-13-5-3-2-4-6-13/h2-8,10-11,16H,9,22H2,1H3,(H,23,25)(H2,24,26,27)/t16-/m0/s1. The summed E-state index contributed by atoms with van der Waals surface area (Å²) in [5, 5.41) is 10.7. The summed E-state index contributed by atoms with van der Waals surface area (Å²) in [6, 6.07) is 16.4. The molecule has 0 bridgehead atoms. The lowest BCUT2D eigenvalue weighted by Gasteiger charge is -2.08. The molecule has 0 fully saturated rings. The Hall–Kier alpha value is -3.38. The summed E-state index contributed by atoms with van der Waals surface area (Å²) in [4.78, 5) is 22.2. The topological polar surface area (TPSA) is 108 Å². The third-order valence-corrected chi connectivity index (χ3v) is 4.65. The quantitative estimate of drug-likeness (QED) is 0.448. The zero-order chi connectivity index (χ0) is 19.0. The number of nitrogens with two attached hydrogens (primary N) is 1. The van der Waals surface area contributed by atoms with Gasteiger partial charge in [0.15, 0.2) is 0 Å². The fourth-order valence-electron chi connectivity index (χ4n) is 3.29. The summed E-state index contributed by atoms with van der Waals surface area (Å²) in [7, 11) is 0. The van der Waals surface area contributed by atoms with Crippen molar-refractivity contribution >= 4 is 10.9 Å². The van der Waals surface area contributed by atoms with Crippen molar-refractivity contribution < 1.29 is 5.11 Å². The first-order valence-corrected chi connectivity index (χ1v) is 8.73. The number of aromatic amines is 2. The minimum atomic E-state index is -0.335. The first-order chi connectivity index (χ1) is 13.0. The summed E-state index contributed by atoms with van der Waals surface area (Å²) in [5.41, 5.74) is 10.3. The van der Waals surface area contributed by atoms with Gasteiger partial charge in [-0.3, -0.25) is 4.79 Å². The first kappa shape index (κ1) is 17.1. The largest absolute Gasteiger partial charge is 0.507 e.